The van der Waals surface area contributed by atoms with Crippen molar-refractivity contribution in [3.63, 3.8) is 0 Å². The Morgan fingerprint density at radius 2 is 1.71 bits per heavy atom. The highest BCUT2D eigenvalue weighted by molar-refractivity contribution is 6.05. The number of ketones is 2. The van der Waals surface area contributed by atoms with Gasteiger partial charge in [0.25, 0.3) is 5.91 Å². The normalized spacial score (nSPS) is 15.6. The number of aromatic amines is 1. The topological polar surface area (TPSA) is 82.7 Å². The van der Waals surface area contributed by atoms with Gasteiger partial charge in [-0.1, -0.05) is 0 Å². The average molecular weight is 429 g/mol. The lowest BCUT2D eigenvalue weighted by molar-refractivity contribution is -0.135. The van der Waals surface area contributed by atoms with Gasteiger partial charge in [0.15, 0.2) is 18.2 Å². The minimum Gasteiger partial charge on any atom is -0.484 e. The van der Waals surface area contributed by atoms with Crippen molar-refractivity contribution in [3.8, 4) is 5.75 Å². The van der Waals surface area contributed by atoms with Crippen molar-refractivity contribution in [1.29, 1.82) is 0 Å². The maximum atomic E-state index is 13.0. The van der Waals surface area contributed by atoms with E-state index < -0.39 is 0 Å². The van der Waals surface area contributed by atoms with Crippen molar-refractivity contribution in [2.45, 2.75) is 33.7 Å². The van der Waals surface area contributed by atoms with Gasteiger partial charge in [-0.15, -0.1) is 0 Å². The largest absolute Gasteiger partial charge is 0.484 e. The zero-order valence-corrected chi connectivity index (χ0v) is 18.3. The van der Waals surface area contributed by atoms with E-state index in [9.17, 15) is 18.8 Å². The van der Waals surface area contributed by atoms with Gasteiger partial charge in [0.2, 0.25) is 0 Å². The maximum absolute atomic E-state index is 13.0. The third-order valence-electron chi connectivity index (χ3n) is 5.81. The SMILES string of the molecule is CC(=O)c1c(C)[nH]c(C(=O)C(C)N2CCN(C(=O)COc3ccc(F)cc3)CC2)c1C. The quantitative estimate of drug-likeness (QED) is 0.685. The fourth-order valence-electron chi connectivity index (χ4n) is 4.03. The van der Waals surface area contributed by atoms with Crippen LogP contribution in [-0.2, 0) is 4.79 Å². The number of rotatable bonds is 7. The molecule has 1 N–H and O–H groups in total. The van der Waals surface area contributed by atoms with Gasteiger partial charge in [-0.05, 0) is 57.5 Å². The van der Waals surface area contributed by atoms with Crippen LogP contribution in [0.2, 0.25) is 0 Å². The minimum atomic E-state index is -0.371. The van der Waals surface area contributed by atoms with Gasteiger partial charge in [-0.3, -0.25) is 19.3 Å². The van der Waals surface area contributed by atoms with E-state index in [4.69, 9.17) is 4.74 Å². The lowest BCUT2D eigenvalue weighted by atomic mass is 10.0. The van der Waals surface area contributed by atoms with Crippen molar-refractivity contribution < 1.29 is 23.5 Å². The Labute approximate surface area is 181 Å². The molecule has 2 aromatic rings. The van der Waals surface area contributed by atoms with Gasteiger partial charge in [0, 0.05) is 37.4 Å². The highest BCUT2D eigenvalue weighted by Crippen LogP contribution is 2.21. The Hall–Kier alpha value is -3.00. The molecule has 1 saturated heterocycles. The first-order valence-corrected chi connectivity index (χ1v) is 10.3. The first-order chi connectivity index (χ1) is 14.7. The number of aromatic nitrogens is 1. The van der Waals surface area contributed by atoms with Gasteiger partial charge in [0.1, 0.15) is 11.6 Å². The van der Waals surface area contributed by atoms with E-state index in [-0.39, 0.29) is 35.9 Å². The Morgan fingerprint density at radius 3 is 2.26 bits per heavy atom. The average Bonchev–Trinajstić information content (AvgIpc) is 3.06. The fourth-order valence-corrected chi connectivity index (χ4v) is 4.03. The van der Waals surface area contributed by atoms with Crippen molar-refractivity contribution in [2.75, 3.05) is 32.8 Å². The molecule has 3 rings (SSSR count). The number of H-pyrrole nitrogens is 1. The molecule has 1 unspecified atom stereocenters. The van der Waals surface area contributed by atoms with Crippen molar-refractivity contribution in [2.24, 2.45) is 0 Å². The number of amides is 1. The Balaban J connectivity index is 1.54. The molecule has 1 amide bonds. The molecule has 0 saturated carbocycles. The van der Waals surface area contributed by atoms with Crippen LogP contribution >= 0.6 is 0 Å². The second-order valence-corrected chi connectivity index (χ2v) is 7.88. The number of halogens is 1. The summed E-state index contributed by atoms with van der Waals surface area (Å²) >= 11 is 0. The summed E-state index contributed by atoms with van der Waals surface area (Å²) in [5.74, 6) is -0.194. The number of hydrogen-bond donors (Lipinski definition) is 1. The number of hydrogen-bond acceptors (Lipinski definition) is 5. The number of carbonyl (C=O) groups is 3. The molecule has 1 aromatic carbocycles. The smallest absolute Gasteiger partial charge is 0.260 e. The standard InChI is InChI=1S/C23H28FN3O4/c1-14-21(17(4)28)15(2)25-22(14)23(30)16(3)26-9-11-27(12-10-26)20(29)13-31-19-7-5-18(24)6-8-19/h5-8,16,25H,9-13H2,1-4H3. The molecule has 1 fully saturated rings. The highest BCUT2D eigenvalue weighted by Gasteiger charge is 2.30. The molecule has 0 bridgehead atoms. The third kappa shape index (κ3) is 5.02. The molecular formula is C23H28FN3O4. The molecular weight excluding hydrogens is 401 g/mol. The molecule has 0 radical (unpaired) electrons. The van der Waals surface area contributed by atoms with Gasteiger partial charge in [-0.2, -0.15) is 0 Å². The first kappa shape index (κ1) is 22.7. The van der Waals surface area contributed by atoms with E-state index in [0.717, 1.165) is 0 Å². The van der Waals surface area contributed by atoms with Crippen LogP contribution in [0.3, 0.4) is 0 Å². The monoisotopic (exact) mass is 429 g/mol. The predicted octanol–water partition coefficient (Wildman–Crippen LogP) is 2.77. The second kappa shape index (κ2) is 9.43. The molecule has 1 aliphatic heterocycles. The molecule has 166 valence electrons. The first-order valence-electron chi connectivity index (χ1n) is 10.3. The maximum Gasteiger partial charge on any atom is 0.260 e. The molecule has 2 heterocycles. The molecule has 1 atom stereocenters. The summed E-state index contributed by atoms with van der Waals surface area (Å²) in [4.78, 5) is 44.1. The number of nitrogens with zero attached hydrogens (tertiary/aromatic N) is 2. The summed E-state index contributed by atoms with van der Waals surface area (Å²) in [7, 11) is 0. The van der Waals surface area contributed by atoms with Crippen LogP contribution in [0.5, 0.6) is 5.75 Å². The third-order valence-corrected chi connectivity index (χ3v) is 5.81. The van der Waals surface area contributed by atoms with E-state index in [1.54, 1.807) is 18.7 Å². The number of Topliss-reactive ketones (excluding diaryl/α,β-unsaturated/α-hetero) is 2. The zero-order valence-electron chi connectivity index (χ0n) is 18.3. The number of ether oxygens (including phenoxy) is 1. The second-order valence-electron chi connectivity index (χ2n) is 7.88. The van der Waals surface area contributed by atoms with E-state index >= 15 is 0 Å². The van der Waals surface area contributed by atoms with Crippen molar-refractivity contribution in [3.05, 3.63) is 52.6 Å². The van der Waals surface area contributed by atoms with Gasteiger partial charge >= 0.3 is 0 Å². The predicted molar refractivity (Wildman–Crippen MR) is 114 cm³/mol. The summed E-state index contributed by atoms with van der Waals surface area (Å²) in [6, 6.07) is 5.16. The number of benzene rings is 1. The van der Waals surface area contributed by atoms with Crippen LogP contribution < -0.4 is 4.74 Å². The van der Waals surface area contributed by atoms with Crippen molar-refractivity contribution in [1.82, 2.24) is 14.8 Å². The Morgan fingerprint density at radius 1 is 1.10 bits per heavy atom. The van der Waals surface area contributed by atoms with Crippen LogP contribution in [0, 0.1) is 19.7 Å². The highest BCUT2D eigenvalue weighted by atomic mass is 19.1. The number of nitrogens with one attached hydrogen (secondary N) is 1. The molecule has 1 aromatic heterocycles. The number of aryl methyl sites for hydroxylation is 1. The van der Waals surface area contributed by atoms with E-state index in [1.165, 1.54) is 31.2 Å². The van der Waals surface area contributed by atoms with E-state index in [2.05, 4.69) is 4.98 Å². The summed E-state index contributed by atoms with van der Waals surface area (Å²) < 4.78 is 18.4. The Bertz CT molecular complexity index is 975. The fraction of sp³-hybridized carbons (Fsp3) is 0.435. The van der Waals surface area contributed by atoms with Crippen LogP contribution in [0.25, 0.3) is 0 Å². The van der Waals surface area contributed by atoms with Gasteiger partial charge in [0.05, 0.1) is 11.7 Å². The molecule has 1 aliphatic rings. The lowest BCUT2D eigenvalue weighted by Crippen LogP contribution is -2.54. The lowest BCUT2D eigenvalue weighted by Gasteiger charge is -2.37. The van der Waals surface area contributed by atoms with Crippen LogP contribution in [0.1, 0.15) is 46.0 Å². The zero-order chi connectivity index (χ0) is 22.7. The number of piperazine rings is 1. The van der Waals surface area contributed by atoms with Crippen LogP contribution in [0.4, 0.5) is 4.39 Å². The summed E-state index contributed by atoms with van der Waals surface area (Å²) in [5, 5.41) is 0. The van der Waals surface area contributed by atoms with Gasteiger partial charge < -0.3 is 14.6 Å². The molecule has 31 heavy (non-hydrogen) atoms. The summed E-state index contributed by atoms with van der Waals surface area (Å²) in [5.41, 5.74) is 2.44. The summed E-state index contributed by atoms with van der Waals surface area (Å²) in [6.07, 6.45) is 0. The van der Waals surface area contributed by atoms with E-state index in [1.807, 2.05) is 11.8 Å². The van der Waals surface area contributed by atoms with Crippen LogP contribution in [-0.4, -0.2) is 71.1 Å². The van der Waals surface area contributed by atoms with Crippen molar-refractivity contribution >= 4 is 17.5 Å². The molecule has 8 heteroatoms. The number of carbonyl (C=O) groups excluding carboxylic acids is 3. The van der Waals surface area contributed by atoms with Gasteiger partial charge in [-0.25, -0.2) is 4.39 Å². The molecule has 0 spiro atoms. The molecule has 7 nitrogen and oxygen atoms in total. The van der Waals surface area contributed by atoms with E-state index in [0.29, 0.717) is 54.4 Å². The molecule has 0 aliphatic carbocycles. The summed E-state index contributed by atoms with van der Waals surface area (Å²) in [6.45, 7) is 8.92. The minimum absolute atomic E-state index is 0.0621. The Kier molecular flexibility index (Phi) is 6.90. The van der Waals surface area contributed by atoms with Crippen LogP contribution in [0.15, 0.2) is 24.3 Å².